The molecule has 5 rings (SSSR count). The van der Waals surface area contributed by atoms with Crippen LogP contribution in [-0.2, 0) is 16.2 Å². The van der Waals surface area contributed by atoms with Gasteiger partial charge < -0.3 is 0 Å². The van der Waals surface area contributed by atoms with Crippen LogP contribution >= 0.6 is 7.92 Å². The fourth-order valence-corrected chi connectivity index (χ4v) is 10.9. The van der Waals surface area contributed by atoms with Crippen molar-refractivity contribution >= 4 is 35.6 Å². The van der Waals surface area contributed by atoms with E-state index in [1.54, 1.807) is 30.3 Å². The minimum Gasteiger partial charge on any atom is -0.227 e. The van der Waals surface area contributed by atoms with Crippen molar-refractivity contribution in [2.45, 2.75) is 84.9 Å². The molecule has 0 nitrogen and oxygen atoms in total. The van der Waals surface area contributed by atoms with Crippen LogP contribution in [0.1, 0.15) is 84.6 Å². The summed E-state index contributed by atoms with van der Waals surface area (Å²) in [5.74, 6) is -23.4. The zero-order chi connectivity index (χ0) is 39.0. The molecule has 1 atom stereocenters. The highest BCUT2D eigenvalue weighted by Gasteiger charge is 2.45. The second-order valence-corrected chi connectivity index (χ2v) is 18.8. The first-order valence-electron chi connectivity index (χ1n) is 16.8. The summed E-state index contributed by atoms with van der Waals surface area (Å²) in [5, 5.41) is 1.08. The van der Waals surface area contributed by atoms with E-state index in [1.807, 2.05) is 41.5 Å². The molecule has 0 saturated heterocycles. The summed E-state index contributed by atoms with van der Waals surface area (Å²) in [6.07, 6.45) is -4.95. The SMILES string of the molecule is CC(C)(C)c1cc(C(C)(C)C)c(P2CC[B-](c3c(F)c(F)c(F)c(F)c3F)(c3c(F)c(F)c(F)c(F)c3F)C=C2c2ccccc2)c(C(C)(C)C)c1. The van der Waals surface area contributed by atoms with Crippen LogP contribution in [-0.4, -0.2) is 12.3 Å². The third-order valence-corrected chi connectivity index (χ3v) is 12.7. The Morgan fingerprint density at radius 1 is 0.500 bits per heavy atom. The molecule has 0 spiro atoms. The van der Waals surface area contributed by atoms with Gasteiger partial charge in [-0.05, 0) is 43.8 Å². The van der Waals surface area contributed by atoms with E-state index < -0.39 is 100 Å². The van der Waals surface area contributed by atoms with Gasteiger partial charge in [-0.15, -0.1) is 10.9 Å². The first kappa shape index (κ1) is 39.6. The van der Waals surface area contributed by atoms with Crippen molar-refractivity contribution in [3.8, 4) is 0 Å². The average molecular weight is 752 g/mol. The van der Waals surface area contributed by atoms with Crippen molar-refractivity contribution in [2.24, 2.45) is 0 Å². The Labute approximate surface area is 299 Å². The highest BCUT2D eigenvalue weighted by molar-refractivity contribution is 7.76. The smallest absolute Gasteiger partial charge is 0.200 e. The Morgan fingerprint density at radius 3 is 1.21 bits per heavy atom. The van der Waals surface area contributed by atoms with E-state index in [4.69, 9.17) is 0 Å². The molecular formula is C40H39BF10P-. The molecule has 4 aromatic rings. The van der Waals surface area contributed by atoms with Crippen LogP contribution < -0.4 is 16.2 Å². The Kier molecular flexibility index (Phi) is 10.2. The summed E-state index contributed by atoms with van der Waals surface area (Å²) in [6.45, 7) is 18.2. The maximum absolute atomic E-state index is 16.0. The van der Waals surface area contributed by atoms with Crippen molar-refractivity contribution in [3.63, 3.8) is 0 Å². The average Bonchev–Trinajstić information content (AvgIpc) is 3.07. The number of halogens is 10. The summed E-state index contributed by atoms with van der Waals surface area (Å²) in [6, 6.07) is 12.3. The van der Waals surface area contributed by atoms with Crippen LogP contribution in [0.15, 0.2) is 48.4 Å². The van der Waals surface area contributed by atoms with E-state index >= 15 is 35.1 Å². The summed E-state index contributed by atoms with van der Waals surface area (Å²) in [7, 11) is -1.68. The second kappa shape index (κ2) is 13.4. The zero-order valence-electron chi connectivity index (χ0n) is 30.3. The summed E-state index contributed by atoms with van der Waals surface area (Å²) in [5.41, 5.74) is -1.42. The lowest BCUT2D eigenvalue weighted by Gasteiger charge is -2.48. The van der Waals surface area contributed by atoms with Gasteiger partial charge in [0.25, 0.3) is 0 Å². The van der Waals surface area contributed by atoms with Gasteiger partial charge in [-0.3, -0.25) is 0 Å². The molecule has 0 aliphatic carbocycles. The minimum atomic E-state index is -4.07. The van der Waals surface area contributed by atoms with Crippen molar-refractivity contribution in [2.75, 3.05) is 6.16 Å². The van der Waals surface area contributed by atoms with Crippen LogP contribution in [0.4, 0.5) is 43.9 Å². The Morgan fingerprint density at radius 2 is 0.865 bits per heavy atom. The zero-order valence-corrected chi connectivity index (χ0v) is 31.2. The van der Waals surface area contributed by atoms with Gasteiger partial charge in [0.2, 0.25) is 0 Å². The largest absolute Gasteiger partial charge is 0.227 e. The number of hydrogen-bond acceptors (Lipinski definition) is 0. The third-order valence-electron chi connectivity index (χ3n) is 9.99. The predicted molar refractivity (Wildman–Crippen MR) is 191 cm³/mol. The Balaban J connectivity index is 2.05. The summed E-state index contributed by atoms with van der Waals surface area (Å²) >= 11 is 0. The topological polar surface area (TPSA) is 0 Å². The molecule has 4 aromatic carbocycles. The number of hydrogen-bond donors (Lipinski definition) is 0. The maximum Gasteiger partial charge on any atom is 0.200 e. The lowest BCUT2D eigenvalue weighted by atomic mass is 9.16. The maximum atomic E-state index is 16.0. The summed E-state index contributed by atoms with van der Waals surface area (Å²) in [4.78, 5) is 0. The minimum absolute atomic E-state index is 0.171. The molecule has 12 heteroatoms. The molecule has 0 saturated carbocycles. The fraction of sp³-hybridized carbons (Fsp3) is 0.350. The molecule has 278 valence electrons. The van der Waals surface area contributed by atoms with Crippen molar-refractivity contribution in [1.29, 1.82) is 0 Å². The van der Waals surface area contributed by atoms with E-state index in [-0.39, 0.29) is 16.9 Å². The molecule has 52 heavy (non-hydrogen) atoms. The molecule has 0 bridgehead atoms. The number of rotatable bonds is 4. The van der Waals surface area contributed by atoms with E-state index in [0.29, 0.717) is 5.56 Å². The fourth-order valence-electron chi connectivity index (χ4n) is 7.24. The molecule has 0 radical (unpaired) electrons. The monoisotopic (exact) mass is 751 g/mol. The van der Waals surface area contributed by atoms with Gasteiger partial charge in [0, 0.05) is 0 Å². The van der Waals surface area contributed by atoms with Crippen LogP contribution in [0.3, 0.4) is 0 Å². The third kappa shape index (κ3) is 6.49. The summed E-state index contributed by atoms with van der Waals surface area (Å²) < 4.78 is 153. The first-order chi connectivity index (χ1) is 23.9. The molecule has 1 unspecified atom stereocenters. The first-order valence-corrected chi connectivity index (χ1v) is 18.4. The van der Waals surface area contributed by atoms with E-state index in [0.717, 1.165) is 28.0 Å². The van der Waals surface area contributed by atoms with Crippen molar-refractivity contribution < 1.29 is 43.9 Å². The van der Waals surface area contributed by atoms with Crippen molar-refractivity contribution in [1.82, 2.24) is 0 Å². The van der Waals surface area contributed by atoms with Gasteiger partial charge in [-0.2, -0.15) is 6.32 Å². The van der Waals surface area contributed by atoms with Crippen molar-refractivity contribution in [3.05, 3.63) is 129 Å². The predicted octanol–water partition coefficient (Wildman–Crippen LogP) is 10.9. The normalized spacial score (nSPS) is 16.7. The van der Waals surface area contributed by atoms with E-state index in [9.17, 15) is 8.78 Å². The standard InChI is InChI=1S/C40H39BF10P/c1-38(2,3)21-17-22(39(4,5)6)37(23(18-21)40(7,8)9)52-16-15-41(19-24(52)20-13-11-10-12-14-20,25-27(42)31(46)35(50)32(47)28(25)43)26-29(44)33(48)36(51)34(49)30(26)45/h10-14,17-19H,15-16H2,1-9H3/q-1. The number of benzene rings is 4. The van der Waals surface area contributed by atoms with Gasteiger partial charge in [-0.25, -0.2) is 49.9 Å². The van der Waals surface area contributed by atoms with E-state index in [1.165, 1.54) is 0 Å². The molecule has 1 aliphatic rings. The van der Waals surface area contributed by atoms with Gasteiger partial charge in [0.1, 0.15) is 23.3 Å². The van der Waals surface area contributed by atoms with Gasteiger partial charge in [0.05, 0.1) is 6.15 Å². The van der Waals surface area contributed by atoms with Gasteiger partial charge >= 0.3 is 0 Å². The lowest BCUT2D eigenvalue weighted by molar-refractivity contribution is 0.381. The lowest BCUT2D eigenvalue weighted by Crippen LogP contribution is -2.64. The molecule has 0 fully saturated rings. The molecule has 1 aliphatic heterocycles. The van der Waals surface area contributed by atoms with Crippen LogP contribution in [0.2, 0.25) is 6.32 Å². The van der Waals surface area contributed by atoms with Gasteiger partial charge in [-0.1, -0.05) is 124 Å². The highest BCUT2D eigenvalue weighted by atomic mass is 31.1. The molecule has 0 amide bonds. The van der Waals surface area contributed by atoms with E-state index in [2.05, 4.69) is 32.9 Å². The van der Waals surface area contributed by atoms with Crippen LogP contribution in [0.5, 0.6) is 0 Å². The molecule has 0 aromatic heterocycles. The molecule has 0 N–H and O–H groups in total. The highest BCUT2D eigenvalue weighted by Crippen LogP contribution is 2.58. The molecule has 1 heterocycles. The Bertz CT molecular complexity index is 1940. The Hall–Kier alpha value is -3.59. The van der Waals surface area contributed by atoms with Crippen LogP contribution in [0.25, 0.3) is 5.31 Å². The second-order valence-electron chi connectivity index (χ2n) is 16.6. The van der Waals surface area contributed by atoms with Gasteiger partial charge in [0.15, 0.2) is 34.9 Å². The quantitative estimate of drug-likeness (QED) is 0.0641. The molecular weight excluding hydrogens is 712 g/mol. The van der Waals surface area contributed by atoms with Crippen LogP contribution in [0, 0.1) is 58.2 Å².